The maximum absolute atomic E-state index is 4.37. The standard InChI is InChI=1S/C14H22N4S/c1-11-13(5-9-19-11)17-12-4-2-8-18(10-12)14-15-6-3-7-16-14/h3,6-7,11-13,17H,2,4-5,8-10H2,1H3. The first-order valence-electron chi connectivity index (χ1n) is 7.22. The Kier molecular flexibility index (Phi) is 4.23. The molecule has 2 aliphatic rings. The second-order valence-corrected chi connectivity index (χ2v) is 6.96. The van der Waals surface area contributed by atoms with Crippen molar-refractivity contribution in [2.24, 2.45) is 0 Å². The van der Waals surface area contributed by atoms with Crippen LogP contribution in [-0.4, -0.2) is 46.1 Å². The van der Waals surface area contributed by atoms with Gasteiger partial charge < -0.3 is 10.2 Å². The van der Waals surface area contributed by atoms with Gasteiger partial charge in [-0.1, -0.05) is 6.92 Å². The van der Waals surface area contributed by atoms with E-state index < -0.39 is 0 Å². The molecule has 3 rings (SSSR count). The highest BCUT2D eigenvalue weighted by Gasteiger charge is 2.28. The van der Waals surface area contributed by atoms with Crippen LogP contribution in [0.1, 0.15) is 26.2 Å². The van der Waals surface area contributed by atoms with Gasteiger partial charge in [-0.05, 0) is 31.1 Å². The molecule has 1 N–H and O–H groups in total. The van der Waals surface area contributed by atoms with Crippen LogP contribution in [0, 0.1) is 0 Å². The van der Waals surface area contributed by atoms with Crippen LogP contribution in [0.5, 0.6) is 0 Å². The highest BCUT2D eigenvalue weighted by atomic mass is 32.2. The number of anilines is 1. The lowest BCUT2D eigenvalue weighted by atomic mass is 10.0. The zero-order valence-corrected chi connectivity index (χ0v) is 12.3. The average molecular weight is 278 g/mol. The summed E-state index contributed by atoms with van der Waals surface area (Å²) in [5.41, 5.74) is 0. The highest BCUT2D eigenvalue weighted by molar-refractivity contribution is 8.00. The molecule has 3 heterocycles. The molecule has 2 saturated heterocycles. The molecule has 0 spiro atoms. The highest BCUT2D eigenvalue weighted by Crippen LogP contribution is 2.27. The summed E-state index contributed by atoms with van der Waals surface area (Å²) < 4.78 is 0. The van der Waals surface area contributed by atoms with Crippen molar-refractivity contribution in [1.29, 1.82) is 0 Å². The first-order chi connectivity index (χ1) is 9.33. The van der Waals surface area contributed by atoms with E-state index in [0.29, 0.717) is 12.1 Å². The van der Waals surface area contributed by atoms with Gasteiger partial charge in [0.15, 0.2) is 0 Å². The Labute approximate surface area is 119 Å². The Balaban J connectivity index is 1.59. The van der Waals surface area contributed by atoms with E-state index in [1.165, 1.54) is 25.0 Å². The minimum Gasteiger partial charge on any atom is -0.339 e. The van der Waals surface area contributed by atoms with E-state index in [-0.39, 0.29) is 0 Å². The van der Waals surface area contributed by atoms with E-state index >= 15 is 0 Å². The van der Waals surface area contributed by atoms with E-state index in [4.69, 9.17) is 0 Å². The third-order valence-electron chi connectivity index (χ3n) is 4.08. The number of hydrogen-bond donors (Lipinski definition) is 1. The molecule has 0 radical (unpaired) electrons. The zero-order valence-electron chi connectivity index (χ0n) is 11.5. The smallest absolute Gasteiger partial charge is 0.225 e. The van der Waals surface area contributed by atoms with Crippen molar-refractivity contribution in [3.63, 3.8) is 0 Å². The van der Waals surface area contributed by atoms with E-state index in [9.17, 15) is 0 Å². The molecule has 2 aliphatic heterocycles. The minimum atomic E-state index is 0.587. The van der Waals surface area contributed by atoms with Crippen LogP contribution >= 0.6 is 11.8 Å². The van der Waals surface area contributed by atoms with Gasteiger partial charge in [0.05, 0.1) is 0 Å². The Bertz CT molecular complexity index is 400. The summed E-state index contributed by atoms with van der Waals surface area (Å²) in [5.74, 6) is 2.18. The SMILES string of the molecule is CC1SCCC1NC1CCCN(c2ncccn2)C1. The van der Waals surface area contributed by atoms with Crippen LogP contribution in [-0.2, 0) is 0 Å². The molecule has 3 atom stereocenters. The van der Waals surface area contributed by atoms with Gasteiger partial charge in [-0.3, -0.25) is 0 Å². The lowest BCUT2D eigenvalue weighted by Gasteiger charge is -2.35. The van der Waals surface area contributed by atoms with Crippen molar-refractivity contribution < 1.29 is 0 Å². The summed E-state index contributed by atoms with van der Waals surface area (Å²) in [5, 5.41) is 4.60. The number of aromatic nitrogens is 2. The predicted molar refractivity (Wildman–Crippen MR) is 80.7 cm³/mol. The molecule has 0 amide bonds. The van der Waals surface area contributed by atoms with Crippen LogP contribution in [0.15, 0.2) is 18.5 Å². The molecule has 0 aromatic carbocycles. The molecule has 4 nitrogen and oxygen atoms in total. The van der Waals surface area contributed by atoms with Crippen molar-refractivity contribution >= 4 is 17.7 Å². The molecule has 5 heteroatoms. The van der Waals surface area contributed by atoms with Crippen LogP contribution in [0.2, 0.25) is 0 Å². The van der Waals surface area contributed by atoms with Crippen LogP contribution in [0.4, 0.5) is 5.95 Å². The maximum Gasteiger partial charge on any atom is 0.225 e. The van der Waals surface area contributed by atoms with Crippen molar-refractivity contribution in [3.05, 3.63) is 18.5 Å². The number of piperidine rings is 1. The fraction of sp³-hybridized carbons (Fsp3) is 0.714. The lowest BCUT2D eigenvalue weighted by molar-refractivity contribution is 0.369. The molecule has 1 aromatic rings. The summed E-state index contributed by atoms with van der Waals surface area (Å²) in [6.45, 7) is 4.46. The quantitative estimate of drug-likeness (QED) is 0.915. The largest absolute Gasteiger partial charge is 0.339 e. The van der Waals surface area contributed by atoms with Gasteiger partial charge in [0.2, 0.25) is 5.95 Å². The summed E-state index contributed by atoms with van der Waals surface area (Å²) in [6.07, 6.45) is 7.47. The summed E-state index contributed by atoms with van der Waals surface area (Å²) >= 11 is 2.09. The molecule has 0 bridgehead atoms. The molecule has 2 fully saturated rings. The van der Waals surface area contributed by atoms with Gasteiger partial charge in [0, 0.05) is 42.8 Å². The summed E-state index contributed by atoms with van der Waals surface area (Å²) in [7, 11) is 0. The van der Waals surface area contributed by atoms with Gasteiger partial charge in [0.1, 0.15) is 0 Å². The first-order valence-corrected chi connectivity index (χ1v) is 8.27. The molecule has 0 aliphatic carbocycles. The van der Waals surface area contributed by atoms with E-state index in [1.807, 2.05) is 18.5 Å². The number of rotatable bonds is 3. The van der Waals surface area contributed by atoms with Gasteiger partial charge in [-0.25, -0.2) is 9.97 Å². The third-order valence-corrected chi connectivity index (χ3v) is 5.41. The zero-order chi connectivity index (χ0) is 13.1. The maximum atomic E-state index is 4.37. The van der Waals surface area contributed by atoms with Crippen molar-refractivity contribution in [1.82, 2.24) is 15.3 Å². The fourth-order valence-corrected chi connectivity index (χ4v) is 4.21. The van der Waals surface area contributed by atoms with Gasteiger partial charge in [-0.2, -0.15) is 11.8 Å². The molecule has 19 heavy (non-hydrogen) atoms. The second-order valence-electron chi connectivity index (χ2n) is 5.47. The molecule has 0 saturated carbocycles. The van der Waals surface area contributed by atoms with Crippen LogP contribution in [0.25, 0.3) is 0 Å². The Morgan fingerprint density at radius 3 is 2.89 bits per heavy atom. The normalized spacial score (nSPS) is 31.6. The first kappa shape index (κ1) is 13.2. The van der Waals surface area contributed by atoms with Gasteiger partial charge in [0.25, 0.3) is 0 Å². The van der Waals surface area contributed by atoms with Crippen LogP contribution in [0.3, 0.4) is 0 Å². The molecule has 3 unspecified atom stereocenters. The number of thioether (sulfide) groups is 1. The third kappa shape index (κ3) is 3.20. The number of nitrogens with one attached hydrogen (secondary N) is 1. The lowest BCUT2D eigenvalue weighted by Crippen LogP contribution is -2.50. The van der Waals surface area contributed by atoms with Crippen molar-refractivity contribution in [2.45, 2.75) is 43.5 Å². The second kappa shape index (κ2) is 6.09. The molecular weight excluding hydrogens is 256 g/mol. The number of nitrogens with zero attached hydrogens (tertiary/aromatic N) is 3. The predicted octanol–water partition coefficient (Wildman–Crippen LogP) is 1.93. The van der Waals surface area contributed by atoms with Crippen molar-refractivity contribution in [2.75, 3.05) is 23.7 Å². The van der Waals surface area contributed by atoms with E-state index in [0.717, 1.165) is 24.3 Å². The van der Waals surface area contributed by atoms with Gasteiger partial charge >= 0.3 is 0 Å². The van der Waals surface area contributed by atoms with E-state index in [2.05, 4.69) is 38.9 Å². The van der Waals surface area contributed by atoms with Crippen molar-refractivity contribution in [3.8, 4) is 0 Å². The average Bonchev–Trinajstić information content (AvgIpc) is 2.86. The Morgan fingerprint density at radius 2 is 2.16 bits per heavy atom. The van der Waals surface area contributed by atoms with Gasteiger partial charge in [-0.15, -0.1) is 0 Å². The van der Waals surface area contributed by atoms with E-state index in [1.54, 1.807) is 0 Å². The molecule has 104 valence electrons. The molecule has 1 aromatic heterocycles. The number of hydrogen-bond acceptors (Lipinski definition) is 5. The molecular formula is C14H22N4S. The van der Waals surface area contributed by atoms with Crippen LogP contribution < -0.4 is 10.2 Å². The topological polar surface area (TPSA) is 41.0 Å². The summed E-state index contributed by atoms with van der Waals surface area (Å²) in [6, 6.07) is 3.15. The monoisotopic (exact) mass is 278 g/mol. The minimum absolute atomic E-state index is 0.587. The Hall–Kier alpha value is -0.810. The fourth-order valence-electron chi connectivity index (χ4n) is 3.00. The summed E-state index contributed by atoms with van der Waals surface area (Å²) in [4.78, 5) is 11.0. The Morgan fingerprint density at radius 1 is 1.32 bits per heavy atom.